The lowest BCUT2D eigenvalue weighted by atomic mass is 9.83. The third-order valence-corrected chi connectivity index (χ3v) is 5.28. The maximum Gasteiger partial charge on any atom is 0.199 e. The zero-order chi connectivity index (χ0) is 21.4. The molecule has 0 aromatic carbocycles. The molecule has 0 aromatic rings. The molecule has 0 amide bonds. The summed E-state index contributed by atoms with van der Waals surface area (Å²) >= 11 is 0. The standard InChI is InChI=1S/C15H29NO12/c1-16-14(24,12-9(21)7(19)10(22)13(26-2)27-12)4-15(25)11(23)8(20)6(18)5(3-17)28-15/h5-13,16-25H,3-4H2,1-2H3/t5-,6-,7+,8+,9+,10-,11-,12+,13+,14-,15+/m1/s1. The Bertz CT molecular complexity index is 523. The van der Waals surface area contributed by atoms with Crippen LogP contribution in [0.25, 0.3) is 0 Å². The lowest BCUT2D eigenvalue weighted by Gasteiger charge is -2.51. The molecule has 0 bridgehead atoms. The van der Waals surface area contributed by atoms with Gasteiger partial charge in [0.15, 0.2) is 12.1 Å². The van der Waals surface area contributed by atoms with E-state index in [1.807, 2.05) is 0 Å². The molecule has 13 heteroatoms. The van der Waals surface area contributed by atoms with Crippen molar-refractivity contribution < 1.29 is 60.2 Å². The summed E-state index contributed by atoms with van der Waals surface area (Å²) in [6.07, 6.45) is -16.6. The molecule has 11 atom stereocenters. The number of aliphatic hydroxyl groups excluding tert-OH is 7. The number of aliphatic hydroxyl groups is 9. The SMILES string of the molecule is CN[C@@](O)(C[C@]1(O)O[C@H](CO)[C@@H](O)[C@H](O)[C@H]1O)[C@H]1O[C@H](OC)[C@H](O)[C@@H](O)[C@@H]1O. The second-order valence-electron chi connectivity index (χ2n) is 7.09. The van der Waals surface area contributed by atoms with Crippen LogP contribution < -0.4 is 5.32 Å². The summed E-state index contributed by atoms with van der Waals surface area (Å²) in [7, 11) is 2.36. The minimum atomic E-state index is -2.70. The van der Waals surface area contributed by atoms with Crippen LogP contribution in [0.1, 0.15) is 6.42 Å². The van der Waals surface area contributed by atoms with E-state index in [4.69, 9.17) is 14.2 Å². The van der Waals surface area contributed by atoms with E-state index in [0.29, 0.717) is 0 Å². The second-order valence-corrected chi connectivity index (χ2v) is 7.09. The predicted octanol–water partition coefficient (Wildman–Crippen LogP) is -6.10. The van der Waals surface area contributed by atoms with Crippen molar-refractivity contribution in [3.8, 4) is 0 Å². The molecule has 28 heavy (non-hydrogen) atoms. The van der Waals surface area contributed by atoms with E-state index >= 15 is 0 Å². The van der Waals surface area contributed by atoms with E-state index < -0.39 is 79.7 Å². The summed E-state index contributed by atoms with van der Waals surface area (Å²) in [5.74, 6) is -2.70. The summed E-state index contributed by atoms with van der Waals surface area (Å²) in [5, 5.41) is 93.4. The maximum atomic E-state index is 11.0. The van der Waals surface area contributed by atoms with Crippen molar-refractivity contribution in [1.82, 2.24) is 5.32 Å². The monoisotopic (exact) mass is 415 g/mol. The van der Waals surface area contributed by atoms with Crippen molar-refractivity contribution in [3.05, 3.63) is 0 Å². The Kier molecular flexibility index (Phi) is 7.37. The average molecular weight is 415 g/mol. The average Bonchev–Trinajstić information content (AvgIpc) is 2.67. The quantitative estimate of drug-likeness (QED) is 0.183. The fourth-order valence-electron chi connectivity index (χ4n) is 3.52. The van der Waals surface area contributed by atoms with Gasteiger partial charge in [-0.25, -0.2) is 0 Å². The molecule has 0 saturated carbocycles. The Morgan fingerprint density at radius 1 is 1.00 bits per heavy atom. The molecule has 2 heterocycles. The van der Waals surface area contributed by atoms with Crippen molar-refractivity contribution in [2.45, 2.75) is 73.1 Å². The largest absolute Gasteiger partial charge is 0.394 e. The number of hydrogen-bond acceptors (Lipinski definition) is 13. The topological polar surface area (TPSA) is 222 Å². The van der Waals surface area contributed by atoms with E-state index in [1.54, 1.807) is 0 Å². The summed E-state index contributed by atoms with van der Waals surface area (Å²) < 4.78 is 15.3. The number of nitrogens with one attached hydrogen (secondary N) is 1. The molecular weight excluding hydrogens is 386 g/mol. The molecule has 10 N–H and O–H groups in total. The first-order valence-electron chi connectivity index (χ1n) is 8.64. The Morgan fingerprint density at radius 3 is 2.11 bits per heavy atom. The molecule has 2 saturated heterocycles. The zero-order valence-corrected chi connectivity index (χ0v) is 15.4. The lowest BCUT2D eigenvalue weighted by Crippen LogP contribution is -2.73. The van der Waals surface area contributed by atoms with Gasteiger partial charge in [-0.3, -0.25) is 5.32 Å². The number of hydrogen-bond donors (Lipinski definition) is 10. The molecule has 0 aliphatic carbocycles. The highest BCUT2D eigenvalue weighted by Gasteiger charge is 2.60. The maximum absolute atomic E-state index is 11.0. The second kappa shape index (κ2) is 8.69. The van der Waals surface area contributed by atoms with Gasteiger partial charge in [0.25, 0.3) is 0 Å². The highest BCUT2D eigenvalue weighted by molar-refractivity contribution is 5.04. The van der Waals surface area contributed by atoms with Crippen molar-refractivity contribution in [3.63, 3.8) is 0 Å². The number of rotatable bonds is 6. The Balaban J connectivity index is 2.32. The number of ether oxygens (including phenoxy) is 3. The molecule has 0 unspecified atom stereocenters. The van der Waals surface area contributed by atoms with E-state index in [-0.39, 0.29) is 0 Å². The molecular formula is C15H29NO12. The van der Waals surface area contributed by atoms with Gasteiger partial charge in [0.1, 0.15) is 54.6 Å². The van der Waals surface area contributed by atoms with Crippen LogP contribution in [0.5, 0.6) is 0 Å². The van der Waals surface area contributed by atoms with Crippen molar-refractivity contribution in [2.75, 3.05) is 20.8 Å². The first-order valence-corrected chi connectivity index (χ1v) is 8.64. The van der Waals surface area contributed by atoms with Crippen LogP contribution >= 0.6 is 0 Å². The van der Waals surface area contributed by atoms with Crippen LogP contribution in [-0.4, -0.2) is 133 Å². The van der Waals surface area contributed by atoms with E-state index in [9.17, 15) is 46.0 Å². The summed E-state index contributed by atoms with van der Waals surface area (Å²) in [6.45, 7) is -0.815. The van der Waals surface area contributed by atoms with Crippen LogP contribution in [-0.2, 0) is 14.2 Å². The number of methoxy groups -OCH3 is 1. The molecule has 0 aromatic heterocycles. The van der Waals surface area contributed by atoms with Crippen LogP contribution in [0.4, 0.5) is 0 Å². The minimum Gasteiger partial charge on any atom is -0.394 e. The van der Waals surface area contributed by atoms with Gasteiger partial charge in [0.05, 0.1) is 6.61 Å². The van der Waals surface area contributed by atoms with E-state index in [2.05, 4.69) is 5.32 Å². The third kappa shape index (κ3) is 4.04. The molecule has 0 spiro atoms. The van der Waals surface area contributed by atoms with Crippen LogP contribution in [0.3, 0.4) is 0 Å². The van der Waals surface area contributed by atoms with Crippen molar-refractivity contribution >= 4 is 0 Å². The summed E-state index contributed by atoms with van der Waals surface area (Å²) in [5.41, 5.74) is -2.39. The first-order chi connectivity index (χ1) is 13.0. The first kappa shape index (κ1) is 23.8. The van der Waals surface area contributed by atoms with Gasteiger partial charge in [-0.2, -0.15) is 0 Å². The van der Waals surface area contributed by atoms with Gasteiger partial charge in [-0.15, -0.1) is 0 Å². The summed E-state index contributed by atoms with van der Waals surface area (Å²) in [4.78, 5) is 0. The van der Waals surface area contributed by atoms with Crippen molar-refractivity contribution in [2.24, 2.45) is 0 Å². The summed E-state index contributed by atoms with van der Waals surface area (Å²) in [6, 6.07) is 0. The molecule has 2 aliphatic rings. The Morgan fingerprint density at radius 2 is 1.61 bits per heavy atom. The minimum absolute atomic E-state index is 0.815. The Labute approximate surface area is 160 Å². The molecule has 2 aliphatic heterocycles. The molecule has 2 rings (SSSR count). The van der Waals surface area contributed by atoms with Gasteiger partial charge >= 0.3 is 0 Å². The molecule has 13 nitrogen and oxygen atoms in total. The van der Waals surface area contributed by atoms with Crippen LogP contribution in [0.15, 0.2) is 0 Å². The highest BCUT2D eigenvalue weighted by Crippen LogP contribution is 2.37. The van der Waals surface area contributed by atoms with Gasteiger partial charge < -0.3 is 60.2 Å². The fraction of sp³-hybridized carbons (Fsp3) is 1.00. The fourth-order valence-corrected chi connectivity index (χ4v) is 3.52. The van der Waals surface area contributed by atoms with E-state index in [1.165, 1.54) is 7.05 Å². The molecule has 166 valence electrons. The van der Waals surface area contributed by atoms with E-state index in [0.717, 1.165) is 7.11 Å². The lowest BCUT2D eigenvalue weighted by molar-refractivity contribution is -0.377. The van der Waals surface area contributed by atoms with Gasteiger partial charge in [-0.05, 0) is 7.05 Å². The van der Waals surface area contributed by atoms with Crippen molar-refractivity contribution in [1.29, 1.82) is 0 Å². The highest BCUT2D eigenvalue weighted by atomic mass is 16.7. The van der Waals surface area contributed by atoms with Gasteiger partial charge in [-0.1, -0.05) is 0 Å². The van der Waals surface area contributed by atoms with Gasteiger partial charge in [0.2, 0.25) is 0 Å². The van der Waals surface area contributed by atoms with Gasteiger partial charge in [0, 0.05) is 13.5 Å². The normalized spacial score (nSPS) is 49.6. The van der Waals surface area contributed by atoms with Crippen LogP contribution in [0, 0.1) is 0 Å². The molecule has 2 fully saturated rings. The zero-order valence-electron chi connectivity index (χ0n) is 15.4. The third-order valence-electron chi connectivity index (χ3n) is 5.28. The smallest absolute Gasteiger partial charge is 0.199 e. The molecule has 0 radical (unpaired) electrons. The predicted molar refractivity (Wildman–Crippen MR) is 87.2 cm³/mol. The number of likely N-dealkylation sites (N-methyl/N-ethyl adjacent to an activating group) is 1. The van der Waals surface area contributed by atoms with Crippen LogP contribution in [0.2, 0.25) is 0 Å². The Hall–Kier alpha value is -0.520.